The molecular formula is C10H18N2O. The molecule has 0 aliphatic rings. The Morgan fingerprint density at radius 3 is 2.54 bits per heavy atom. The van der Waals surface area contributed by atoms with Gasteiger partial charge in [-0.3, -0.25) is 4.79 Å². The van der Waals surface area contributed by atoms with E-state index >= 15 is 0 Å². The molecule has 0 bridgehead atoms. The van der Waals surface area contributed by atoms with E-state index in [1.165, 1.54) is 0 Å². The van der Waals surface area contributed by atoms with Crippen molar-refractivity contribution in [2.24, 2.45) is 11.3 Å². The molecule has 3 heteroatoms. The average Bonchev–Trinajstić information content (AvgIpc) is 2.13. The van der Waals surface area contributed by atoms with Crippen LogP contribution < -0.4 is 5.32 Å². The summed E-state index contributed by atoms with van der Waals surface area (Å²) in [5.41, 5.74) is -0.469. The summed E-state index contributed by atoms with van der Waals surface area (Å²) in [6, 6.07) is 2.14. The van der Waals surface area contributed by atoms with Crippen LogP contribution in [0, 0.1) is 22.7 Å². The lowest BCUT2D eigenvalue weighted by atomic mass is 9.95. The second kappa shape index (κ2) is 4.86. The lowest BCUT2D eigenvalue weighted by Gasteiger charge is -2.17. The lowest BCUT2D eigenvalue weighted by Crippen LogP contribution is -2.36. The van der Waals surface area contributed by atoms with E-state index < -0.39 is 5.41 Å². The van der Waals surface area contributed by atoms with Crippen LogP contribution in [0.4, 0.5) is 0 Å². The summed E-state index contributed by atoms with van der Waals surface area (Å²) in [6.45, 7) is 7.90. The van der Waals surface area contributed by atoms with E-state index in [1.807, 2.05) is 27.7 Å². The molecule has 74 valence electrons. The molecule has 0 saturated carbocycles. The summed E-state index contributed by atoms with van der Waals surface area (Å²) in [4.78, 5) is 11.3. The summed E-state index contributed by atoms with van der Waals surface area (Å²) < 4.78 is 0. The highest BCUT2D eigenvalue weighted by Gasteiger charge is 2.19. The van der Waals surface area contributed by atoms with Gasteiger partial charge in [-0.15, -0.1) is 0 Å². The van der Waals surface area contributed by atoms with E-state index in [0.717, 1.165) is 6.42 Å². The van der Waals surface area contributed by atoms with E-state index in [2.05, 4.69) is 11.4 Å². The van der Waals surface area contributed by atoms with Gasteiger partial charge in [-0.2, -0.15) is 5.26 Å². The van der Waals surface area contributed by atoms with Crippen molar-refractivity contribution in [2.75, 3.05) is 6.54 Å². The molecular weight excluding hydrogens is 164 g/mol. The van der Waals surface area contributed by atoms with Crippen molar-refractivity contribution in [2.45, 2.75) is 34.1 Å². The number of carbonyl (C=O) groups excluding carboxylic acids is 1. The summed E-state index contributed by atoms with van der Waals surface area (Å²) >= 11 is 0. The van der Waals surface area contributed by atoms with Crippen molar-refractivity contribution >= 4 is 5.91 Å². The normalized spacial score (nSPS) is 13.2. The van der Waals surface area contributed by atoms with Crippen LogP contribution >= 0.6 is 0 Å². The maximum atomic E-state index is 11.3. The first kappa shape index (κ1) is 12.0. The van der Waals surface area contributed by atoms with Crippen molar-refractivity contribution in [3.8, 4) is 6.07 Å². The highest BCUT2D eigenvalue weighted by atomic mass is 16.1. The van der Waals surface area contributed by atoms with E-state index in [-0.39, 0.29) is 11.8 Å². The number of rotatable bonds is 4. The minimum absolute atomic E-state index is 0.0332. The zero-order chi connectivity index (χ0) is 10.5. The number of nitrogens with zero attached hydrogens (tertiary/aromatic N) is 1. The van der Waals surface area contributed by atoms with Gasteiger partial charge in [0.15, 0.2) is 0 Å². The molecule has 0 aliphatic carbocycles. The van der Waals surface area contributed by atoms with Crippen molar-refractivity contribution in [3.05, 3.63) is 0 Å². The molecule has 0 radical (unpaired) electrons. The fraction of sp³-hybridized carbons (Fsp3) is 0.800. The number of carbonyl (C=O) groups is 1. The van der Waals surface area contributed by atoms with Crippen molar-refractivity contribution in [3.63, 3.8) is 0 Å². The molecule has 3 nitrogen and oxygen atoms in total. The minimum atomic E-state index is -0.469. The SMILES string of the molecule is CCC(C)C(=O)NCC(C)(C)C#N. The molecule has 13 heavy (non-hydrogen) atoms. The van der Waals surface area contributed by atoms with Gasteiger partial charge < -0.3 is 5.32 Å². The lowest BCUT2D eigenvalue weighted by molar-refractivity contribution is -0.124. The van der Waals surface area contributed by atoms with Crippen LogP contribution in [-0.2, 0) is 4.79 Å². The first-order valence-corrected chi connectivity index (χ1v) is 4.62. The number of nitrogens with one attached hydrogen (secondary N) is 1. The predicted octanol–water partition coefficient (Wildman–Crippen LogP) is 1.70. The molecule has 0 aromatic carbocycles. The Morgan fingerprint density at radius 2 is 2.15 bits per heavy atom. The van der Waals surface area contributed by atoms with Crippen LogP contribution in [0.5, 0.6) is 0 Å². The summed E-state index contributed by atoms with van der Waals surface area (Å²) in [5, 5.41) is 11.5. The highest BCUT2D eigenvalue weighted by molar-refractivity contribution is 5.78. The largest absolute Gasteiger partial charge is 0.354 e. The van der Waals surface area contributed by atoms with Gasteiger partial charge in [0.05, 0.1) is 11.5 Å². The Balaban J connectivity index is 3.91. The summed E-state index contributed by atoms with van der Waals surface area (Å²) in [6.07, 6.45) is 0.832. The maximum absolute atomic E-state index is 11.3. The Kier molecular flexibility index (Phi) is 4.47. The monoisotopic (exact) mass is 182 g/mol. The average molecular weight is 182 g/mol. The Labute approximate surface area is 80.1 Å². The second-order valence-corrected chi connectivity index (χ2v) is 4.02. The molecule has 0 heterocycles. The number of nitriles is 1. The number of hydrogen-bond acceptors (Lipinski definition) is 2. The molecule has 0 saturated heterocycles. The first-order chi connectivity index (χ1) is 5.93. The number of amides is 1. The smallest absolute Gasteiger partial charge is 0.222 e. The highest BCUT2D eigenvalue weighted by Crippen LogP contribution is 2.11. The fourth-order valence-electron chi connectivity index (χ4n) is 0.707. The molecule has 1 unspecified atom stereocenters. The van der Waals surface area contributed by atoms with Gasteiger partial charge in [0, 0.05) is 12.5 Å². The van der Waals surface area contributed by atoms with Gasteiger partial charge in [0.1, 0.15) is 0 Å². The van der Waals surface area contributed by atoms with Crippen molar-refractivity contribution in [1.29, 1.82) is 5.26 Å². The predicted molar refractivity (Wildman–Crippen MR) is 51.9 cm³/mol. The van der Waals surface area contributed by atoms with Crippen molar-refractivity contribution in [1.82, 2.24) is 5.32 Å². The van der Waals surface area contributed by atoms with E-state index in [4.69, 9.17) is 5.26 Å². The first-order valence-electron chi connectivity index (χ1n) is 4.62. The van der Waals surface area contributed by atoms with E-state index in [1.54, 1.807) is 0 Å². The third kappa shape index (κ3) is 4.51. The second-order valence-electron chi connectivity index (χ2n) is 4.02. The van der Waals surface area contributed by atoms with Crippen molar-refractivity contribution < 1.29 is 4.79 Å². The van der Waals surface area contributed by atoms with E-state index in [0.29, 0.717) is 6.54 Å². The van der Waals surface area contributed by atoms with Crippen LogP contribution in [0.2, 0.25) is 0 Å². The quantitative estimate of drug-likeness (QED) is 0.719. The van der Waals surface area contributed by atoms with Crippen LogP contribution in [0.15, 0.2) is 0 Å². The molecule has 0 aliphatic heterocycles. The van der Waals surface area contributed by atoms with Gasteiger partial charge in [0.25, 0.3) is 0 Å². The standard InChI is InChI=1S/C10H18N2O/c1-5-8(2)9(13)12-7-10(3,4)6-11/h8H,5,7H2,1-4H3,(H,12,13). The summed E-state index contributed by atoms with van der Waals surface area (Å²) in [5.74, 6) is 0.0697. The van der Waals surface area contributed by atoms with Crippen LogP contribution in [0.1, 0.15) is 34.1 Å². The topological polar surface area (TPSA) is 52.9 Å². The fourth-order valence-corrected chi connectivity index (χ4v) is 0.707. The Hall–Kier alpha value is -1.04. The molecule has 0 fully saturated rings. The van der Waals surface area contributed by atoms with Crippen LogP contribution in [0.3, 0.4) is 0 Å². The zero-order valence-electron chi connectivity index (χ0n) is 8.85. The third-order valence-corrected chi connectivity index (χ3v) is 2.07. The molecule has 1 amide bonds. The van der Waals surface area contributed by atoms with Gasteiger partial charge in [-0.05, 0) is 20.3 Å². The van der Waals surface area contributed by atoms with Gasteiger partial charge >= 0.3 is 0 Å². The van der Waals surface area contributed by atoms with Gasteiger partial charge in [-0.1, -0.05) is 13.8 Å². The molecule has 0 aromatic heterocycles. The molecule has 0 spiro atoms. The number of hydrogen-bond donors (Lipinski definition) is 1. The van der Waals surface area contributed by atoms with Crippen LogP contribution in [-0.4, -0.2) is 12.5 Å². The van der Waals surface area contributed by atoms with Crippen LogP contribution in [0.25, 0.3) is 0 Å². The van der Waals surface area contributed by atoms with Gasteiger partial charge in [0.2, 0.25) is 5.91 Å². The molecule has 1 atom stereocenters. The molecule has 0 rings (SSSR count). The third-order valence-electron chi connectivity index (χ3n) is 2.07. The minimum Gasteiger partial charge on any atom is -0.354 e. The summed E-state index contributed by atoms with van der Waals surface area (Å²) in [7, 11) is 0. The zero-order valence-corrected chi connectivity index (χ0v) is 8.85. The molecule has 1 N–H and O–H groups in total. The Bertz CT molecular complexity index is 215. The Morgan fingerprint density at radius 1 is 1.62 bits per heavy atom. The van der Waals surface area contributed by atoms with Gasteiger partial charge in [-0.25, -0.2) is 0 Å². The maximum Gasteiger partial charge on any atom is 0.222 e. The molecule has 0 aromatic rings. The van der Waals surface area contributed by atoms with E-state index in [9.17, 15) is 4.79 Å².